The summed E-state index contributed by atoms with van der Waals surface area (Å²) in [5, 5.41) is 2.16. The van der Waals surface area contributed by atoms with Gasteiger partial charge in [-0.2, -0.15) is 0 Å². The molecule has 3 heteroatoms. The standard InChI is InChI=1S/C28H25N2O/c1-18-13-14-23-22-11-7-10-21(20-9-6-8-19-15-17-30(3)26(19)20)27(22)31-28(23)25(18)24-12-4-5-16-29(24)2/h4-14,16H,15,17H2,1-3H3/q+1/i15D2. The Bertz CT molecular complexity index is 1570. The van der Waals surface area contributed by atoms with Gasteiger partial charge >= 0.3 is 0 Å². The van der Waals surface area contributed by atoms with Crippen LogP contribution in [0.4, 0.5) is 5.69 Å². The number of benzene rings is 3. The number of hydrogen-bond acceptors (Lipinski definition) is 2. The minimum absolute atomic E-state index is 0.350. The molecular weight excluding hydrogens is 380 g/mol. The second-order valence-corrected chi connectivity index (χ2v) is 8.35. The van der Waals surface area contributed by atoms with Crippen LogP contribution in [0.15, 0.2) is 77.3 Å². The predicted molar refractivity (Wildman–Crippen MR) is 127 cm³/mol. The minimum atomic E-state index is -1.37. The highest BCUT2D eigenvalue weighted by Crippen LogP contribution is 2.44. The van der Waals surface area contributed by atoms with Crippen LogP contribution in [0.1, 0.15) is 13.9 Å². The average Bonchev–Trinajstić information content (AvgIpc) is 3.28. The Labute approximate surface area is 185 Å². The van der Waals surface area contributed by atoms with E-state index in [-0.39, 0.29) is 0 Å². The maximum absolute atomic E-state index is 8.47. The van der Waals surface area contributed by atoms with Crippen LogP contribution < -0.4 is 9.47 Å². The first-order valence-electron chi connectivity index (χ1n) is 11.6. The molecule has 2 aromatic heterocycles. The third kappa shape index (κ3) is 2.63. The van der Waals surface area contributed by atoms with E-state index < -0.39 is 6.37 Å². The van der Waals surface area contributed by atoms with Crippen LogP contribution in [-0.2, 0) is 13.4 Å². The fourth-order valence-corrected chi connectivity index (χ4v) is 4.87. The van der Waals surface area contributed by atoms with Crippen LogP contribution in [0.25, 0.3) is 44.3 Å². The molecule has 1 aliphatic rings. The van der Waals surface area contributed by atoms with Crippen molar-refractivity contribution in [2.24, 2.45) is 7.05 Å². The van der Waals surface area contributed by atoms with Gasteiger partial charge in [0.25, 0.3) is 0 Å². The molecule has 0 spiro atoms. The third-order valence-electron chi connectivity index (χ3n) is 6.40. The Hall–Kier alpha value is -3.59. The number of furan rings is 1. The lowest BCUT2D eigenvalue weighted by Gasteiger charge is -2.17. The molecule has 3 aromatic carbocycles. The number of rotatable bonds is 2. The Morgan fingerprint density at radius 2 is 1.71 bits per heavy atom. The maximum atomic E-state index is 8.47. The molecule has 0 amide bonds. The van der Waals surface area contributed by atoms with Gasteiger partial charge in [0.05, 0.1) is 5.56 Å². The lowest BCUT2D eigenvalue weighted by molar-refractivity contribution is -0.660. The van der Waals surface area contributed by atoms with Crippen molar-refractivity contribution in [2.45, 2.75) is 13.3 Å². The number of aromatic nitrogens is 1. The first-order valence-corrected chi connectivity index (χ1v) is 10.6. The summed E-state index contributed by atoms with van der Waals surface area (Å²) in [5.41, 5.74) is 8.78. The van der Waals surface area contributed by atoms with Crippen LogP contribution in [0.5, 0.6) is 0 Å². The molecular formula is C28H25N2O+. The number of anilines is 1. The molecule has 1 aliphatic heterocycles. The normalized spacial score (nSPS) is 15.9. The van der Waals surface area contributed by atoms with Crippen molar-refractivity contribution in [3.8, 4) is 22.4 Å². The Morgan fingerprint density at radius 1 is 0.903 bits per heavy atom. The van der Waals surface area contributed by atoms with E-state index in [9.17, 15) is 0 Å². The van der Waals surface area contributed by atoms with Gasteiger partial charge in [-0.25, -0.2) is 4.57 Å². The van der Waals surface area contributed by atoms with Gasteiger partial charge in [-0.1, -0.05) is 48.5 Å². The van der Waals surface area contributed by atoms with Gasteiger partial charge in [-0.05, 0) is 30.5 Å². The van der Waals surface area contributed by atoms with Crippen molar-refractivity contribution < 1.29 is 11.7 Å². The van der Waals surface area contributed by atoms with Crippen LogP contribution in [0.2, 0.25) is 0 Å². The third-order valence-corrected chi connectivity index (χ3v) is 6.40. The zero-order valence-electron chi connectivity index (χ0n) is 19.9. The summed E-state index contributed by atoms with van der Waals surface area (Å²) in [6.45, 7) is 2.47. The zero-order valence-corrected chi connectivity index (χ0v) is 17.9. The van der Waals surface area contributed by atoms with E-state index in [4.69, 9.17) is 7.16 Å². The zero-order chi connectivity index (χ0) is 22.9. The van der Waals surface area contributed by atoms with Crippen LogP contribution in [0.3, 0.4) is 0 Å². The lowest BCUT2D eigenvalue weighted by Crippen LogP contribution is -2.30. The molecule has 0 radical (unpaired) electrons. The van der Waals surface area contributed by atoms with Crippen molar-refractivity contribution in [1.29, 1.82) is 0 Å². The van der Waals surface area contributed by atoms with Crippen molar-refractivity contribution >= 4 is 27.6 Å². The van der Waals surface area contributed by atoms with Crippen molar-refractivity contribution in [1.82, 2.24) is 0 Å². The number of hydrogen-bond donors (Lipinski definition) is 0. The molecule has 152 valence electrons. The van der Waals surface area contributed by atoms with E-state index in [1.165, 1.54) is 5.56 Å². The predicted octanol–water partition coefficient (Wildman–Crippen LogP) is 6.05. The molecule has 0 fully saturated rings. The molecule has 0 atom stereocenters. The fourth-order valence-electron chi connectivity index (χ4n) is 4.87. The molecule has 6 rings (SSSR count). The molecule has 0 N–H and O–H groups in total. The van der Waals surface area contributed by atoms with E-state index in [0.717, 1.165) is 55.6 Å². The molecule has 0 saturated heterocycles. The van der Waals surface area contributed by atoms with Gasteiger partial charge in [0.1, 0.15) is 18.2 Å². The van der Waals surface area contributed by atoms with Gasteiger partial charge in [-0.15, -0.1) is 0 Å². The molecule has 0 saturated carbocycles. The van der Waals surface area contributed by atoms with Crippen LogP contribution in [0, 0.1) is 6.92 Å². The highest BCUT2D eigenvalue weighted by atomic mass is 16.3. The van der Waals surface area contributed by atoms with Gasteiger partial charge in [0.15, 0.2) is 6.20 Å². The van der Waals surface area contributed by atoms with Gasteiger partial charge in [-0.3, -0.25) is 0 Å². The topological polar surface area (TPSA) is 20.3 Å². The van der Waals surface area contributed by atoms with Gasteiger partial charge in [0.2, 0.25) is 5.69 Å². The first-order chi connectivity index (χ1) is 15.9. The van der Waals surface area contributed by atoms with Crippen molar-refractivity contribution in [3.63, 3.8) is 0 Å². The largest absolute Gasteiger partial charge is 0.454 e. The second kappa shape index (κ2) is 6.71. The molecule has 0 bridgehead atoms. The molecule has 3 nitrogen and oxygen atoms in total. The minimum Gasteiger partial charge on any atom is -0.454 e. The van der Waals surface area contributed by atoms with E-state index in [2.05, 4.69) is 73.3 Å². The first kappa shape index (κ1) is 16.1. The van der Waals surface area contributed by atoms with E-state index >= 15 is 0 Å². The number of para-hydroxylation sites is 2. The number of likely N-dealkylation sites (N-methyl/N-ethyl adjacent to an activating group) is 1. The molecule has 31 heavy (non-hydrogen) atoms. The summed E-state index contributed by atoms with van der Waals surface area (Å²) >= 11 is 0. The van der Waals surface area contributed by atoms with E-state index in [1.807, 2.05) is 30.1 Å². The average molecular weight is 408 g/mol. The molecule has 3 heterocycles. The maximum Gasteiger partial charge on any atom is 0.216 e. The fraction of sp³-hybridized carbons (Fsp3) is 0.179. The molecule has 0 aliphatic carbocycles. The van der Waals surface area contributed by atoms with Crippen LogP contribution >= 0.6 is 0 Å². The van der Waals surface area contributed by atoms with Gasteiger partial charge < -0.3 is 9.32 Å². The Kier molecular flexibility index (Phi) is 3.50. The highest BCUT2D eigenvalue weighted by molar-refractivity contribution is 6.13. The highest BCUT2D eigenvalue weighted by Gasteiger charge is 2.24. The van der Waals surface area contributed by atoms with E-state index in [0.29, 0.717) is 6.54 Å². The summed E-state index contributed by atoms with van der Waals surface area (Å²) in [6.07, 6.45) is 0.687. The quantitative estimate of drug-likeness (QED) is 0.332. The second-order valence-electron chi connectivity index (χ2n) is 8.35. The monoisotopic (exact) mass is 407 g/mol. The summed E-state index contributed by atoms with van der Waals surface area (Å²) < 4.78 is 25.8. The number of fused-ring (bicyclic) bond motifs is 4. The Balaban J connectivity index is 1.68. The Morgan fingerprint density at radius 3 is 2.58 bits per heavy atom. The molecule has 0 unspecified atom stereocenters. The van der Waals surface area contributed by atoms with E-state index in [1.54, 1.807) is 0 Å². The smallest absolute Gasteiger partial charge is 0.216 e. The summed E-state index contributed by atoms with van der Waals surface area (Å²) in [6, 6.07) is 22.7. The van der Waals surface area contributed by atoms with Crippen molar-refractivity contribution in [2.75, 3.05) is 18.5 Å². The summed E-state index contributed by atoms with van der Waals surface area (Å²) in [7, 11) is 4.02. The number of pyridine rings is 1. The molecule has 5 aromatic rings. The van der Waals surface area contributed by atoms with Crippen LogP contribution in [-0.4, -0.2) is 13.6 Å². The lowest BCUT2D eigenvalue weighted by atomic mass is 9.97. The number of aryl methyl sites for hydroxylation is 2. The van der Waals surface area contributed by atoms with Crippen molar-refractivity contribution in [3.05, 3.63) is 84.1 Å². The SMILES string of the molecule is [2H]C1([2H])CN(C)c2c(-c3cccc4c3oc3c(-c5cccc[n+]5C)c(C)ccc34)cccc21. The summed E-state index contributed by atoms with van der Waals surface area (Å²) in [5.74, 6) is 0. The van der Waals surface area contributed by atoms with Gasteiger partial charge in [0, 0.05) is 56.1 Å². The number of nitrogens with zero attached hydrogens (tertiary/aromatic N) is 2. The summed E-state index contributed by atoms with van der Waals surface area (Å²) in [4.78, 5) is 2.02.